The van der Waals surface area contributed by atoms with E-state index < -0.39 is 0 Å². The first-order valence-electron chi connectivity index (χ1n) is 15.1. The molecule has 1 N–H and O–H groups in total. The minimum absolute atomic E-state index is 0.104. The third kappa shape index (κ3) is 7.19. The van der Waals surface area contributed by atoms with Crippen molar-refractivity contribution in [2.45, 2.75) is 25.4 Å². The van der Waals surface area contributed by atoms with Crippen molar-refractivity contribution in [3.63, 3.8) is 0 Å². The van der Waals surface area contributed by atoms with Gasteiger partial charge in [-0.3, -0.25) is 0 Å². The molecule has 1 aliphatic carbocycles. The molecule has 0 saturated carbocycles. The van der Waals surface area contributed by atoms with Crippen molar-refractivity contribution in [3.8, 4) is 11.3 Å². The molecule has 1 heterocycles. The molecular weight excluding hydrogens is 567 g/mol. The summed E-state index contributed by atoms with van der Waals surface area (Å²) in [6.45, 7) is 1.56. The first-order valence-corrected chi connectivity index (χ1v) is 15.1. The summed E-state index contributed by atoms with van der Waals surface area (Å²) in [5.74, 6) is 0.176. The Kier molecular flexibility index (Phi) is 9.41. The number of nitrogens with one attached hydrogen (secondary N) is 1. The molecule has 1 amide bonds. The Morgan fingerprint density at radius 2 is 1.67 bits per heavy atom. The van der Waals surface area contributed by atoms with E-state index in [4.69, 9.17) is 14.5 Å². The first-order chi connectivity index (χ1) is 22.1. The Bertz CT molecular complexity index is 1760. The molecular formula is C37H35FN4O3. The maximum Gasteiger partial charge on any atom is 0.410 e. The molecule has 0 unspecified atom stereocenters. The predicted octanol–water partition coefficient (Wildman–Crippen LogP) is 7.54. The van der Waals surface area contributed by atoms with Crippen molar-refractivity contribution < 1.29 is 18.7 Å². The third-order valence-electron chi connectivity index (χ3n) is 8.04. The van der Waals surface area contributed by atoms with Gasteiger partial charge in [-0.1, -0.05) is 84.9 Å². The van der Waals surface area contributed by atoms with Crippen molar-refractivity contribution in [2.75, 3.05) is 32.1 Å². The fraction of sp³-hybridized carbons (Fsp3) is 0.216. The van der Waals surface area contributed by atoms with Crippen LogP contribution in [0.5, 0.6) is 0 Å². The Labute approximate surface area is 262 Å². The van der Waals surface area contributed by atoms with E-state index in [2.05, 4.69) is 16.4 Å². The van der Waals surface area contributed by atoms with Crippen molar-refractivity contribution in [3.05, 3.63) is 143 Å². The molecule has 1 aliphatic rings. The zero-order chi connectivity index (χ0) is 31.0. The lowest BCUT2D eigenvalue weighted by molar-refractivity contribution is 0.0828. The normalized spacial score (nSPS) is 13.4. The molecule has 4 aromatic carbocycles. The lowest BCUT2D eigenvalue weighted by Crippen LogP contribution is -2.36. The van der Waals surface area contributed by atoms with Gasteiger partial charge in [-0.2, -0.15) is 0 Å². The first kappa shape index (κ1) is 30.0. The Hall–Kier alpha value is -5.08. The van der Waals surface area contributed by atoms with Crippen LogP contribution in [0.1, 0.15) is 33.7 Å². The molecule has 228 valence electrons. The smallest absolute Gasteiger partial charge is 0.410 e. The number of anilines is 2. The molecule has 0 saturated heterocycles. The second kappa shape index (κ2) is 14.1. The van der Waals surface area contributed by atoms with E-state index in [0.29, 0.717) is 44.0 Å². The van der Waals surface area contributed by atoms with Crippen LogP contribution in [-0.4, -0.2) is 47.8 Å². The highest BCUT2D eigenvalue weighted by atomic mass is 19.1. The summed E-state index contributed by atoms with van der Waals surface area (Å²) in [6, 6.07) is 32.7. The summed E-state index contributed by atoms with van der Waals surface area (Å²) in [4.78, 5) is 24.1. The molecule has 0 bridgehead atoms. The van der Waals surface area contributed by atoms with Gasteiger partial charge in [0.1, 0.15) is 12.4 Å². The van der Waals surface area contributed by atoms with Crippen LogP contribution in [0.2, 0.25) is 0 Å². The van der Waals surface area contributed by atoms with E-state index in [-0.39, 0.29) is 24.4 Å². The van der Waals surface area contributed by atoms with Crippen molar-refractivity contribution in [1.29, 1.82) is 0 Å². The summed E-state index contributed by atoms with van der Waals surface area (Å²) < 4.78 is 25.6. The number of carbonyl (C=O) groups is 1. The van der Waals surface area contributed by atoms with Crippen LogP contribution >= 0.6 is 0 Å². The summed E-state index contributed by atoms with van der Waals surface area (Å²) in [5, 5.41) is 3.35. The lowest BCUT2D eigenvalue weighted by atomic mass is 9.78. The minimum atomic E-state index is -0.370. The van der Waals surface area contributed by atoms with Gasteiger partial charge in [-0.05, 0) is 58.9 Å². The van der Waals surface area contributed by atoms with Crippen molar-refractivity contribution in [2.24, 2.45) is 0 Å². The average Bonchev–Trinajstić information content (AvgIpc) is 3.08. The monoisotopic (exact) mass is 602 g/mol. The molecule has 6 rings (SSSR count). The number of hydrogen-bond acceptors (Lipinski definition) is 6. The number of aromatic nitrogens is 2. The van der Waals surface area contributed by atoms with Crippen molar-refractivity contribution >= 4 is 17.7 Å². The van der Waals surface area contributed by atoms with Gasteiger partial charge in [0, 0.05) is 43.6 Å². The van der Waals surface area contributed by atoms with Crippen LogP contribution in [0.15, 0.2) is 109 Å². The number of benzene rings is 4. The molecule has 5 aromatic rings. The number of rotatable bonds is 11. The molecule has 7 nitrogen and oxygen atoms in total. The molecule has 1 aromatic heterocycles. The predicted molar refractivity (Wildman–Crippen MR) is 173 cm³/mol. The highest BCUT2D eigenvalue weighted by Crippen LogP contribution is 2.42. The summed E-state index contributed by atoms with van der Waals surface area (Å²) >= 11 is 0. The molecule has 45 heavy (non-hydrogen) atoms. The van der Waals surface area contributed by atoms with Crippen LogP contribution in [0.3, 0.4) is 0 Å². The van der Waals surface area contributed by atoms with E-state index in [1.807, 2.05) is 91.1 Å². The standard InChI is InChI=1S/C37H35FN4O3/c1-44-21-20-42(37(43)45-25-27-10-3-2-4-11-27)19-18-26-12-9-13-29(22-26)40-36-39-24-28-23-33(31-15-7-8-17-34(31)38)30-14-5-6-16-32(30)35(28)41-36/h2-17,22,24,33H,18-21,23,25H2,1H3,(H,39,40,41)/t33-/m1/s1. The molecule has 1 atom stereocenters. The molecule has 0 fully saturated rings. The number of nitrogens with zero attached hydrogens (tertiary/aromatic N) is 3. The third-order valence-corrected chi connectivity index (χ3v) is 8.04. The Balaban J connectivity index is 1.14. The van der Waals surface area contributed by atoms with Gasteiger partial charge in [0.25, 0.3) is 0 Å². The maximum atomic E-state index is 14.8. The van der Waals surface area contributed by atoms with Crippen LogP contribution < -0.4 is 5.32 Å². The molecule has 0 radical (unpaired) electrons. The van der Waals surface area contributed by atoms with E-state index in [0.717, 1.165) is 39.2 Å². The fourth-order valence-electron chi connectivity index (χ4n) is 5.74. The van der Waals surface area contributed by atoms with Crippen molar-refractivity contribution in [1.82, 2.24) is 14.9 Å². The SMILES string of the molecule is COCCN(CCc1cccc(Nc2ncc3c(n2)-c2ccccc2[C@H](c2ccccc2F)C3)c1)C(=O)OCc1ccccc1. The fourth-order valence-corrected chi connectivity index (χ4v) is 5.74. The summed E-state index contributed by atoms with van der Waals surface area (Å²) in [7, 11) is 1.62. The zero-order valence-electron chi connectivity index (χ0n) is 25.2. The second-order valence-corrected chi connectivity index (χ2v) is 11.0. The Morgan fingerprint density at radius 1 is 0.911 bits per heavy atom. The van der Waals surface area contributed by atoms with Crippen LogP contribution in [0.25, 0.3) is 11.3 Å². The van der Waals surface area contributed by atoms with E-state index in [9.17, 15) is 9.18 Å². The topological polar surface area (TPSA) is 76.6 Å². The number of hydrogen-bond donors (Lipinski definition) is 1. The number of fused-ring (bicyclic) bond motifs is 3. The zero-order valence-corrected chi connectivity index (χ0v) is 25.2. The molecule has 0 spiro atoms. The average molecular weight is 603 g/mol. The largest absolute Gasteiger partial charge is 0.445 e. The second-order valence-electron chi connectivity index (χ2n) is 11.0. The molecule has 8 heteroatoms. The number of methoxy groups -OCH3 is 1. The van der Waals surface area contributed by atoms with Gasteiger partial charge in [0.15, 0.2) is 0 Å². The summed E-state index contributed by atoms with van der Waals surface area (Å²) in [5.41, 5.74) is 7.40. The Morgan fingerprint density at radius 3 is 2.49 bits per heavy atom. The van der Waals surface area contributed by atoms with Gasteiger partial charge in [0.05, 0.1) is 12.3 Å². The van der Waals surface area contributed by atoms with Crippen LogP contribution in [0.4, 0.5) is 20.8 Å². The highest BCUT2D eigenvalue weighted by molar-refractivity contribution is 5.73. The van der Waals surface area contributed by atoms with Gasteiger partial charge >= 0.3 is 6.09 Å². The number of ether oxygens (including phenoxy) is 2. The lowest BCUT2D eigenvalue weighted by Gasteiger charge is -2.27. The van der Waals surface area contributed by atoms with Gasteiger partial charge in [-0.25, -0.2) is 19.2 Å². The van der Waals surface area contributed by atoms with Crippen LogP contribution in [0, 0.1) is 5.82 Å². The quantitative estimate of drug-likeness (QED) is 0.168. The maximum absolute atomic E-state index is 14.8. The molecule has 0 aliphatic heterocycles. The highest BCUT2D eigenvalue weighted by Gasteiger charge is 2.29. The van der Waals surface area contributed by atoms with E-state index >= 15 is 0 Å². The van der Waals surface area contributed by atoms with Gasteiger partial charge < -0.3 is 19.7 Å². The number of amides is 1. The number of halogens is 1. The minimum Gasteiger partial charge on any atom is -0.445 e. The summed E-state index contributed by atoms with van der Waals surface area (Å²) in [6.07, 6.45) is 2.73. The van der Waals surface area contributed by atoms with Gasteiger partial charge in [0.2, 0.25) is 5.95 Å². The van der Waals surface area contributed by atoms with E-state index in [1.165, 1.54) is 6.07 Å². The van der Waals surface area contributed by atoms with Crippen LogP contribution in [-0.2, 0) is 28.9 Å². The number of carbonyl (C=O) groups excluding carboxylic acids is 1. The van der Waals surface area contributed by atoms with E-state index in [1.54, 1.807) is 18.1 Å². The van der Waals surface area contributed by atoms with Gasteiger partial charge in [-0.15, -0.1) is 0 Å².